The molecule has 2 aromatic carbocycles. The van der Waals surface area contributed by atoms with Gasteiger partial charge >= 0.3 is 0 Å². The van der Waals surface area contributed by atoms with Crippen molar-refractivity contribution < 1.29 is 4.79 Å². The Labute approximate surface area is 185 Å². The third-order valence-electron chi connectivity index (χ3n) is 7.82. The van der Waals surface area contributed by atoms with E-state index in [1.165, 1.54) is 37.7 Å². The van der Waals surface area contributed by atoms with E-state index in [1.807, 2.05) is 30.3 Å². The largest absolute Gasteiger partial charge is 0.296 e. The molecule has 1 aliphatic heterocycles. The van der Waals surface area contributed by atoms with E-state index in [1.54, 1.807) is 23.0 Å². The number of benzene rings is 2. The number of hydrogen-bond acceptors (Lipinski definition) is 3. The molecule has 2 unspecified atom stereocenters. The molecule has 0 spiro atoms. The first-order valence-corrected chi connectivity index (χ1v) is 11.8. The van der Waals surface area contributed by atoms with E-state index in [0.717, 1.165) is 24.7 Å². The maximum Gasteiger partial charge on any atom is 0.225 e. The molecule has 2 aliphatic carbocycles. The lowest BCUT2D eigenvalue weighted by molar-refractivity contribution is -0.117. The Hall–Kier alpha value is -2.64. The normalized spacial score (nSPS) is 24.6. The number of carbonyl (C=O) groups is 1. The number of anilines is 1. The second-order valence-electron chi connectivity index (χ2n) is 9.47. The fourth-order valence-corrected chi connectivity index (χ4v) is 6.40. The van der Waals surface area contributed by atoms with Crippen molar-refractivity contribution in [3.63, 3.8) is 0 Å². The van der Waals surface area contributed by atoms with Crippen LogP contribution in [0.4, 0.5) is 5.69 Å². The van der Waals surface area contributed by atoms with Crippen molar-refractivity contribution in [2.24, 2.45) is 0 Å². The average Bonchev–Trinajstić information content (AvgIpc) is 2.81. The van der Waals surface area contributed by atoms with Crippen LogP contribution < -0.4 is 4.90 Å². The standard InChI is InChI=1S/C27H31N3O/c1-20(31)30(23-10-3-2-4-11-23)27(19-28)15-17-29(18-16-27)25-14-13-22-8-5-7-21-9-6-12-24(25)26(21)22/h2-4,6,9-12,22,25H,5,7-8,13-18H2,1H3. The molecule has 0 bridgehead atoms. The predicted molar refractivity (Wildman–Crippen MR) is 123 cm³/mol. The van der Waals surface area contributed by atoms with E-state index in [4.69, 9.17) is 0 Å². The molecule has 4 nitrogen and oxygen atoms in total. The number of piperidine rings is 1. The number of para-hydroxylation sites is 1. The third kappa shape index (κ3) is 3.46. The first-order chi connectivity index (χ1) is 15.1. The summed E-state index contributed by atoms with van der Waals surface area (Å²) in [5.41, 5.74) is 4.79. The third-order valence-corrected chi connectivity index (χ3v) is 7.82. The summed E-state index contributed by atoms with van der Waals surface area (Å²) in [5.74, 6) is 0.685. The first-order valence-electron chi connectivity index (χ1n) is 11.8. The topological polar surface area (TPSA) is 47.3 Å². The fraction of sp³-hybridized carbons (Fsp3) is 0.481. The van der Waals surface area contributed by atoms with E-state index in [9.17, 15) is 10.1 Å². The molecule has 4 heteroatoms. The van der Waals surface area contributed by atoms with Crippen LogP contribution in [-0.4, -0.2) is 29.4 Å². The first kappa shape index (κ1) is 20.3. The number of hydrogen-bond donors (Lipinski definition) is 0. The molecule has 0 radical (unpaired) electrons. The summed E-state index contributed by atoms with van der Waals surface area (Å²) >= 11 is 0. The van der Waals surface area contributed by atoms with Gasteiger partial charge in [0.15, 0.2) is 0 Å². The number of nitrogens with zero attached hydrogens (tertiary/aromatic N) is 3. The number of aryl methyl sites for hydroxylation is 1. The predicted octanol–water partition coefficient (Wildman–Crippen LogP) is 5.35. The second kappa shape index (κ2) is 8.13. The Balaban J connectivity index is 1.40. The van der Waals surface area contributed by atoms with Crippen molar-refractivity contribution >= 4 is 11.6 Å². The van der Waals surface area contributed by atoms with E-state index in [-0.39, 0.29) is 5.91 Å². The minimum absolute atomic E-state index is 0.0566. The smallest absolute Gasteiger partial charge is 0.225 e. The van der Waals surface area contributed by atoms with Gasteiger partial charge in [0, 0.05) is 31.7 Å². The quantitative estimate of drug-likeness (QED) is 0.681. The van der Waals surface area contributed by atoms with Gasteiger partial charge in [0.25, 0.3) is 0 Å². The van der Waals surface area contributed by atoms with Gasteiger partial charge in [-0.25, -0.2) is 0 Å². The summed E-state index contributed by atoms with van der Waals surface area (Å²) in [7, 11) is 0. The number of amides is 1. The van der Waals surface area contributed by atoms with Crippen molar-refractivity contribution in [2.75, 3.05) is 18.0 Å². The molecule has 1 heterocycles. The highest BCUT2D eigenvalue weighted by molar-refractivity contribution is 5.93. The van der Waals surface area contributed by atoms with Crippen LogP contribution in [-0.2, 0) is 11.2 Å². The molecule has 31 heavy (non-hydrogen) atoms. The highest BCUT2D eigenvalue weighted by atomic mass is 16.2. The monoisotopic (exact) mass is 413 g/mol. The van der Waals surface area contributed by atoms with Gasteiger partial charge < -0.3 is 0 Å². The van der Waals surface area contributed by atoms with E-state index in [0.29, 0.717) is 18.9 Å². The van der Waals surface area contributed by atoms with Crippen molar-refractivity contribution in [3.8, 4) is 6.07 Å². The van der Waals surface area contributed by atoms with Crippen molar-refractivity contribution in [1.29, 1.82) is 5.26 Å². The lowest BCUT2D eigenvalue weighted by Crippen LogP contribution is -2.57. The number of likely N-dealkylation sites (tertiary alicyclic amines) is 1. The zero-order valence-corrected chi connectivity index (χ0v) is 18.4. The minimum atomic E-state index is -0.767. The summed E-state index contributed by atoms with van der Waals surface area (Å²) in [5, 5.41) is 10.2. The molecule has 0 N–H and O–H groups in total. The maximum absolute atomic E-state index is 12.6. The zero-order valence-electron chi connectivity index (χ0n) is 18.4. The van der Waals surface area contributed by atoms with Crippen LogP contribution in [0.15, 0.2) is 48.5 Å². The van der Waals surface area contributed by atoms with Crippen molar-refractivity contribution in [3.05, 3.63) is 65.2 Å². The summed E-state index contributed by atoms with van der Waals surface area (Å²) in [6, 6.07) is 19.6. The van der Waals surface area contributed by atoms with Gasteiger partial charge in [-0.05, 0) is 79.7 Å². The number of rotatable bonds is 3. The molecule has 2 aromatic rings. The second-order valence-corrected chi connectivity index (χ2v) is 9.47. The molecular formula is C27H31N3O. The lowest BCUT2D eigenvalue weighted by atomic mass is 9.71. The highest BCUT2D eigenvalue weighted by Crippen LogP contribution is 2.48. The molecule has 2 atom stereocenters. The Kier molecular flexibility index (Phi) is 5.32. The van der Waals surface area contributed by atoms with Crippen molar-refractivity contribution in [1.82, 2.24) is 4.90 Å². The van der Waals surface area contributed by atoms with Gasteiger partial charge in [-0.15, -0.1) is 0 Å². The molecule has 3 aliphatic rings. The Morgan fingerprint density at radius 2 is 1.84 bits per heavy atom. The molecule has 0 aromatic heterocycles. The van der Waals surface area contributed by atoms with E-state index in [2.05, 4.69) is 29.2 Å². The summed E-state index contributed by atoms with van der Waals surface area (Å²) < 4.78 is 0. The fourth-order valence-electron chi connectivity index (χ4n) is 6.40. The summed E-state index contributed by atoms with van der Waals surface area (Å²) in [6.45, 7) is 3.28. The molecule has 1 saturated heterocycles. The van der Waals surface area contributed by atoms with Crippen LogP contribution in [0.1, 0.15) is 74.1 Å². The Bertz CT molecular complexity index is 1000. The highest BCUT2D eigenvalue weighted by Gasteiger charge is 2.44. The van der Waals surface area contributed by atoms with Crippen LogP contribution in [0.25, 0.3) is 0 Å². The number of nitriles is 1. The van der Waals surface area contributed by atoms with Crippen molar-refractivity contribution in [2.45, 2.75) is 69.4 Å². The average molecular weight is 414 g/mol. The minimum Gasteiger partial charge on any atom is -0.296 e. The zero-order chi connectivity index (χ0) is 21.4. The molecule has 1 amide bonds. The maximum atomic E-state index is 12.6. The van der Waals surface area contributed by atoms with Gasteiger partial charge in [0.05, 0.1) is 6.07 Å². The Morgan fingerprint density at radius 3 is 2.55 bits per heavy atom. The van der Waals surface area contributed by atoms with Crippen LogP contribution in [0, 0.1) is 11.3 Å². The van der Waals surface area contributed by atoms with Gasteiger partial charge in [0.1, 0.15) is 5.54 Å². The summed E-state index contributed by atoms with van der Waals surface area (Å²) in [4.78, 5) is 17.0. The SMILES string of the molecule is CC(=O)N(c1ccccc1)C1(C#N)CCN(C2CCC3CCCc4cccc2c43)CC1. The molecule has 1 fully saturated rings. The van der Waals surface area contributed by atoms with Crippen LogP contribution >= 0.6 is 0 Å². The van der Waals surface area contributed by atoms with Gasteiger partial charge in [-0.3, -0.25) is 14.6 Å². The molecular weight excluding hydrogens is 382 g/mol. The van der Waals surface area contributed by atoms with Crippen LogP contribution in [0.3, 0.4) is 0 Å². The summed E-state index contributed by atoms with van der Waals surface area (Å²) in [6.07, 6.45) is 7.72. The van der Waals surface area contributed by atoms with Crippen LogP contribution in [0.2, 0.25) is 0 Å². The molecule has 5 rings (SSSR count). The lowest BCUT2D eigenvalue weighted by Gasteiger charge is -2.48. The molecule has 0 saturated carbocycles. The Morgan fingerprint density at radius 1 is 1.06 bits per heavy atom. The van der Waals surface area contributed by atoms with E-state index >= 15 is 0 Å². The van der Waals surface area contributed by atoms with Gasteiger partial charge in [-0.1, -0.05) is 36.4 Å². The van der Waals surface area contributed by atoms with Gasteiger partial charge in [0.2, 0.25) is 5.91 Å². The van der Waals surface area contributed by atoms with Gasteiger partial charge in [-0.2, -0.15) is 5.26 Å². The number of carbonyl (C=O) groups excluding carboxylic acids is 1. The van der Waals surface area contributed by atoms with Crippen LogP contribution in [0.5, 0.6) is 0 Å². The molecule has 160 valence electrons. The van der Waals surface area contributed by atoms with E-state index < -0.39 is 5.54 Å².